The van der Waals surface area contributed by atoms with Gasteiger partial charge in [0.25, 0.3) is 0 Å². The third kappa shape index (κ3) is 9.88. The number of hydrogen-bond acceptors (Lipinski definition) is 3. The Hall–Kier alpha value is -8.05. The first-order valence-electron chi connectivity index (χ1n) is 23.3. The van der Waals surface area contributed by atoms with Gasteiger partial charge in [0, 0.05) is 39.1 Å². The summed E-state index contributed by atoms with van der Waals surface area (Å²) in [5, 5.41) is 6.19. The van der Waals surface area contributed by atoms with Crippen LogP contribution in [-0.4, -0.2) is 18.3 Å². The van der Waals surface area contributed by atoms with E-state index in [1.54, 1.807) is 0 Å². The highest BCUT2D eigenvalue weighted by Crippen LogP contribution is 2.43. The molecule has 0 aliphatic carbocycles. The van der Waals surface area contributed by atoms with E-state index in [1.165, 1.54) is 33.0 Å². The molecule has 10 rings (SSSR count). The molecule has 1 N–H and O–H groups in total. The second-order valence-corrected chi connectivity index (χ2v) is 17.2. The Morgan fingerprint density at radius 1 is 0.471 bits per heavy atom. The van der Waals surface area contributed by atoms with Crippen LogP contribution in [0.2, 0.25) is 0 Å². The molecule has 1 aromatic heterocycles. The molecular weight excluding hydrogens is 825 g/mol. The molecule has 4 heteroatoms. The van der Waals surface area contributed by atoms with Gasteiger partial charge < -0.3 is 14.8 Å². The lowest BCUT2D eigenvalue weighted by Crippen LogP contribution is -2.42. The van der Waals surface area contributed by atoms with Crippen molar-refractivity contribution in [1.29, 1.82) is 0 Å². The molecule has 0 aliphatic rings. The predicted octanol–water partition coefficient (Wildman–Crippen LogP) is 16.5. The fourth-order valence-electron chi connectivity index (χ4n) is 9.26. The van der Waals surface area contributed by atoms with Gasteiger partial charge in [-0.25, -0.2) is 0 Å². The smallest absolute Gasteiger partial charge is 0.0926 e. The fourth-order valence-corrected chi connectivity index (χ4v) is 9.26. The van der Waals surface area contributed by atoms with Crippen LogP contribution in [0.4, 0.5) is 17.1 Å². The number of nitrogens with zero attached hydrogens (tertiary/aromatic N) is 3. The minimum Gasteiger partial charge on any atom is -0.310 e. The normalized spacial score (nSPS) is 12.1. The summed E-state index contributed by atoms with van der Waals surface area (Å²) in [7, 11) is 2.03. The van der Waals surface area contributed by atoms with E-state index in [2.05, 4.69) is 261 Å². The number of aromatic nitrogens is 1. The highest BCUT2D eigenvalue weighted by atomic mass is 15.1. The molecular formula is C64H60N4. The first-order chi connectivity index (χ1) is 33.2. The second-order valence-electron chi connectivity index (χ2n) is 17.2. The van der Waals surface area contributed by atoms with Crippen molar-refractivity contribution in [2.75, 3.05) is 11.9 Å². The number of fused-ring (bicyclic) bond motifs is 3. The van der Waals surface area contributed by atoms with Gasteiger partial charge in [-0.3, -0.25) is 4.99 Å². The van der Waals surface area contributed by atoms with Crippen molar-refractivity contribution in [3.63, 3.8) is 0 Å². The Labute approximate surface area is 403 Å². The standard InChI is InChI=1S/C50H44N4.2C7H8/c1-35-25-31-47-45(33-35)46-34-43(53(40-20-11-7-12-21-40)41-22-13-8-14-23-41)30-32-48(46)54(47)42-28-26-39(27-29-42)50(52-5,38-18-9-6-10-19-38)37(3)49(51-4)44-24-16-15-17-36(44)2;2*1-7-5-3-2-4-6-7/h6-34,52H,4H2,1-3,5H3;2*2-6H,1H3/b49-37-;;. The number of aliphatic imine (C=N–C) groups is 1. The van der Waals surface area contributed by atoms with Crippen molar-refractivity contribution in [1.82, 2.24) is 9.88 Å². The van der Waals surface area contributed by atoms with Crippen molar-refractivity contribution < 1.29 is 0 Å². The maximum Gasteiger partial charge on any atom is 0.0926 e. The molecule has 0 bridgehead atoms. The van der Waals surface area contributed by atoms with Crippen LogP contribution in [0.1, 0.15) is 45.9 Å². The van der Waals surface area contributed by atoms with Gasteiger partial charge >= 0.3 is 0 Å². The average Bonchev–Trinajstić information content (AvgIpc) is 3.70. The van der Waals surface area contributed by atoms with Crippen molar-refractivity contribution in [2.24, 2.45) is 4.99 Å². The number of para-hydroxylation sites is 2. The number of nitrogens with one attached hydrogen (secondary N) is 1. The Morgan fingerprint density at radius 3 is 1.41 bits per heavy atom. The van der Waals surface area contributed by atoms with Crippen molar-refractivity contribution >= 4 is 51.3 Å². The molecule has 1 unspecified atom stereocenters. The fraction of sp³-hybridized carbons (Fsp3) is 0.109. The first-order valence-corrected chi connectivity index (χ1v) is 23.3. The molecule has 0 aliphatic heterocycles. The molecule has 4 nitrogen and oxygen atoms in total. The summed E-state index contributed by atoms with van der Waals surface area (Å²) >= 11 is 0. The molecule has 0 saturated carbocycles. The lowest BCUT2D eigenvalue weighted by molar-refractivity contribution is 0.514. The monoisotopic (exact) mass is 884 g/mol. The zero-order valence-electron chi connectivity index (χ0n) is 40.1. The summed E-state index contributed by atoms with van der Waals surface area (Å²) in [6.07, 6.45) is 0. The minimum atomic E-state index is -0.663. The number of aryl methyl sites for hydroxylation is 4. The SMILES string of the molecule is C=N/C(=C(/C)C(NC)(c1ccccc1)c1ccc(-n2c3ccc(C)cc3c3cc(N(c4ccccc4)c4ccccc4)ccc32)cc1)c1ccccc1C.Cc1ccccc1.Cc1ccccc1. The molecule has 1 atom stereocenters. The largest absolute Gasteiger partial charge is 0.310 e. The van der Waals surface area contributed by atoms with Gasteiger partial charge in [0.2, 0.25) is 0 Å². The van der Waals surface area contributed by atoms with Gasteiger partial charge in [0.05, 0.1) is 22.3 Å². The molecule has 1 heterocycles. The summed E-state index contributed by atoms with van der Waals surface area (Å²) in [5.74, 6) is 0. The van der Waals surface area contributed by atoms with Crippen LogP contribution >= 0.6 is 0 Å². The van der Waals surface area contributed by atoms with Gasteiger partial charge in [-0.2, -0.15) is 0 Å². The quantitative estimate of drug-likeness (QED) is 0.139. The zero-order valence-corrected chi connectivity index (χ0v) is 40.1. The lowest BCUT2D eigenvalue weighted by atomic mass is 9.75. The summed E-state index contributed by atoms with van der Waals surface area (Å²) in [4.78, 5) is 6.98. The van der Waals surface area contributed by atoms with E-state index >= 15 is 0 Å². The van der Waals surface area contributed by atoms with Gasteiger partial charge in [0.1, 0.15) is 0 Å². The summed E-state index contributed by atoms with van der Waals surface area (Å²) in [6, 6.07) is 83.4. The van der Waals surface area contributed by atoms with Crippen LogP contribution in [0.15, 0.2) is 247 Å². The Kier molecular flexibility index (Phi) is 14.7. The van der Waals surface area contributed by atoms with Crippen LogP contribution in [0.25, 0.3) is 33.2 Å². The van der Waals surface area contributed by atoms with E-state index in [0.29, 0.717) is 0 Å². The van der Waals surface area contributed by atoms with E-state index in [-0.39, 0.29) is 0 Å². The van der Waals surface area contributed by atoms with E-state index in [0.717, 1.165) is 61.8 Å². The summed E-state index contributed by atoms with van der Waals surface area (Å²) < 4.78 is 2.39. The Balaban J connectivity index is 0.000000382. The average molecular weight is 885 g/mol. The zero-order chi connectivity index (χ0) is 47.5. The number of hydrogen-bond donors (Lipinski definition) is 1. The van der Waals surface area contributed by atoms with Gasteiger partial charge in [-0.15, -0.1) is 0 Å². The van der Waals surface area contributed by atoms with E-state index in [9.17, 15) is 0 Å². The van der Waals surface area contributed by atoms with E-state index in [4.69, 9.17) is 0 Å². The van der Waals surface area contributed by atoms with Crippen LogP contribution in [0, 0.1) is 27.7 Å². The van der Waals surface area contributed by atoms with Gasteiger partial charge in [0.15, 0.2) is 0 Å². The van der Waals surface area contributed by atoms with Crippen LogP contribution in [0.3, 0.4) is 0 Å². The predicted molar refractivity (Wildman–Crippen MR) is 292 cm³/mol. The van der Waals surface area contributed by atoms with Crippen LogP contribution in [-0.2, 0) is 5.54 Å². The van der Waals surface area contributed by atoms with Gasteiger partial charge in [-0.05, 0) is 137 Å². The Bertz CT molecular complexity index is 3170. The van der Waals surface area contributed by atoms with Crippen molar-refractivity contribution in [2.45, 2.75) is 40.2 Å². The molecule has 0 amide bonds. The highest BCUT2D eigenvalue weighted by molar-refractivity contribution is 6.11. The van der Waals surface area contributed by atoms with Crippen molar-refractivity contribution in [3.8, 4) is 5.69 Å². The minimum absolute atomic E-state index is 0.663. The number of benzene rings is 9. The number of anilines is 3. The van der Waals surface area contributed by atoms with Gasteiger partial charge in [-0.1, -0.05) is 187 Å². The number of rotatable bonds is 10. The molecule has 68 heavy (non-hydrogen) atoms. The van der Waals surface area contributed by atoms with E-state index < -0.39 is 5.54 Å². The number of likely N-dealkylation sites (N-methyl/N-ethyl adjacent to an activating group) is 1. The molecule has 0 saturated heterocycles. The third-order valence-corrected chi connectivity index (χ3v) is 12.7. The lowest BCUT2D eigenvalue weighted by Gasteiger charge is -2.37. The molecule has 10 aromatic rings. The summed E-state index contributed by atoms with van der Waals surface area (Å²) in [6.45, 7) is 14.7. The maximum absolute atomic E-state index is 4.66. The molecule has 336 valence electrons. The molecule has 0 fully saturated rings. The van der Waals surface area contributed by atoms with Crippen molar-refractivity contribution in [3.05, 3.63) is 281 Å². The Morgan fingerprint density at radius 2 is 0.926 bits per heavy atom. The second kappa shape index (κ2) is 21.5. The molecule has 9 aromatic carbocycles. The highest BCUT2D eigenvalue weighted by Gasteiger charge is 2.37. The summed E-state index contributed by atoms with van der Waals surface area (Å²) in [5.41, 5.74) is 16.4. The molecule has 0 spiro atoms. The van der Waals surface area contributed by atoms with Crippen LogP contribution in [0.5, 0.6) is 0 Å². The first kappa shape index (κ1) is 46.5. The van der Waals surface area contributed by atoms with E-state index in [1.807, 2.05) is 43.4 Å². The topological polar surface area (TPSA) is 32.6 Å². The molecule has 0 radical (unpaired) electrons. The third-order valence-electron chi connectivity index (χ3n) is 12.7. The maximum atomic E-state index is 4.66. The van der Waals surface area contributed by atoms with Crippen LogP contribution < -0.4 is 10.2 Å².